The monoisotopic (exact) mass is 214 g/mol. The molecule has 0 aromatic carbocycles. The molecule has 0 aliphatic carbocycles. The third kappa shape index (κ3) is 4.18. The van der Waals surface area contributed by atoms with Crippen molar-refractivity contribution < 1.29 is 9.53 Å². The molecule has 0 bridgehead atoms. The Morgan fingerprint density at radius 1 is 1.53 bits per heavy atom. The van der Waals surface area contributed by atoms with Crippen molar-refractivity contribution in [2.24, 2.45) is 17.6 Å². The smallest absolute Gasteiger partial charge is 0.224 e. The van der Waals surface area contributed by atoms with Crippen molar-refractivity contribution in [3.05, 3.63) is 0 Å². The molecule has 1 unspecified atom stereocenters. The third-order valence-electron chi connectivity index (χ3n) is 2.97. The van der Waals surface area contributed by atoms with Gasteiger partial charge in [-0.15, -0.1) is 0 Å². The molecule has 1 rings (SSSR count). The van der Waals surface area contributed by atoms with Crippen molar-refractivity contribution in [3.63, 3.8) is 0 Å². The Morgan fingerprint density at radius 2 is 2.20 bits per heavy atom. The molecule has 4 nitrogen and oxygen atoms in total. The lowest BCUT2D eigenvalue weighted by Gasteiger charge is -2.25. The molecule has 15 heavy (non-hydrogen) atoms. The lowest BCUT2D eigenvalue weighted by Crippen LogP contribution is -2.36. The molecule has 0 spiro atoms. The Labute approximate surface area is 91.5 Å². The Hall–Kier alpha value is -0.610. The van der Waals surface area contributed by atoms with E-state index in [-0.39, 0.29) is 11.8 Å². The molecule has 1 aliphatic heterocycles. The SMILES string of the molecule is CCNC(=O)C(CN)CC1CCOCC1. The van der Waals surface area contributed by atoms with Crippen LogP contribution in [0.5, 0.6) is 0 Å². The number of nitrogens with two attached hydrogens (primary N) is 1. The normalized spacial score (nSPS) is 19.9. The zero-order chi connectivity index (χ0) is 11.1. The first-order valence-corrected chi connectivity index (χ1v) is 5.83. The van der Waals surface area contributed by atoms with Crippen molar-refractivity contribution in [1.29, 1.82) is 0 Å². The van der Waals surface area contributed by atoms with Gasteiger partial charge >= 0.3 is 0 Å². The van der Waals surface area contributed by atoms with E-state index >= 15 is 0 Å². The zero-order valence-corrected chi connectivity index (χ0v) is 9.50. The van der Waals surface area contributed by atoms with Crippen LogP contribution in [-0.2, 0) is 9.53 Å². The lowest BCUT2D eigenvalue weighted by molar-refractivity contribution is -0.125. The highest BCUT2D eigenvalue weighted by atomic mass is 16.5. The lowest BCUT2D eigenvalue weighted by atomic mass is 9.88. The average molecular weight is 214 g/mol. The number of ether oxygens (including phenoxy) is 1. The Balaban J connectivity index is 2.34. The van der Waals surface area contributed by atoms with E-state index in [0.29, 0.717) is 19.0 Å². The van der Waals surface area contributed by atoms with E-state index in [9.17, 15) is 4.79 Å². The van der Waals surface area contributed by atoms with Crippen LogP contribution in [0.4, 0.5) is 0 Å². The van der Waals surface area contributed by atoms with E-state index in [0.717, 1.165) is 32.5 Å². The fraction of sp³-hybridized carbons (Fsp3) is 0.909. The minimum absolute atomic E-state index is 0.0203. The Kier molecular flexibility index (Phi) is 5.65. The van der Waals surface area contributed by atoms with Gasteiger partial charge in [0.2, 0.25) is 5.91 Å². The van der Waals surface area contributed by atoms with E-state index in [1.807, 2.05) is 6.92 Å². The summed E-state index contributed by atoms with van der Waals surface area (Å²) in [4.78, 5) is 11.6. The molecule has 1 fully saturated rings. The van der Waals surface area contributed by atoms with Gasteiger partial charge in [-0.05, 0) is 32.1 Å². The molecule has 1 amide bonds. The molecule has 0 aromatic rings. The minimum Gasteiger partial charge on any atom is -0.381 e. The van der Waals surface area contributed by atoms with E-state index in [4.69, 9.17) is 10.5 Å². The van der Waals surface area contributed by atoms with Crippen LogP contribution in [0, 0.1) is 11.8 Å². The number of hydrogen-bond donors (Lipinski definition) is 2. The maximum Gasteiger partial charge on any atom is 0.224 e. The standard InChI is InChI=1S/C11H22N2O2/c1-2-13-11(14)10(8-12)7-9-3-5-15-6-4-9/h9-10H,2-8,12H2,1H3,(H,13,14). The van der Waals surface area contributed by atoms with Gasteiger partial charge < -0.3 is 15.8 Å². The summed E-state index contributed by atoms with van der Waals surface area (Å²) >= 11 is 0. The summed E-state index contributed by atoms with van der Waals surface area (Å²) in [6.45, 7) is 4.72. The number of amides is 1. The molecule has 1 aliphatic rings. The minimum atomic E-state index is -0.0203. The maximum atomic E-state index is 11.6. The molecular formula is C11H22N2O2. The van der Waals surface area contributed by atoms with Crippen LogP contribution < -0.4 is 11.1 Å². The van der Waals surface area contributed by atoms with Crippen molar-refractivity contribution in [2.45, 2.75) is 26.2 Å². The van der Waals surface area contributed by atoms with Gasteiger partial charge in [-0.25, -0.2) is 0 Å². The van der Waals surface area contributed by atoms with Gasteiger partial charge in [-0.3, -0.25) is 4.79 Å². The molecule has 0 aromatic heterocycles. The van der Waals surface area contributed by atoms with E-state index < -0.39 is 0 Å². The van der Waals surface area contributed by atoms with Gasteiger partial charge in [0.1, 0.15) is 0 Å². The van der Waals surface area contributed by atoms with E-state index in [1.54, 1.807) is 0 Å². The van der Waals surface area contributed by atoms with Crippen LogP contribution in [0.2, 0.25) is 0 Å². The van der Waals surface area contributed by atoms with Crippen molar-refractivity contribution in [2.75, 3.05) is 26.3 Å². The van der Waals surface area contributed by atoms with Gasteiger partial charge in [0.25, 0.3) is 0 Å². The number of rotatable bonds is 5. The summed E-state index contributed by atoms with van der Waals surface area (Å²) in [5.41, 5.74) is 5.63. The topological polar surface area (TPSA) is 64.4 Å². The Morgan fingerprint density at radius 3 is 2.73 bits per heavy atom. The largest absolute Gasteiger partial charge is 0.381 e. The zero-order valence-electron chi connectivity index (χ0n) is 9.50. The van der Waals surface area contributed by atoms with Crippen LogP contribution in [0.25, 0.3) is 0 Å². The van der Waals surface area contributed by atoms with Gasteiger partial charge in [0.15, 0.2) is 0 Å². The van der Waals surface area contributed by atoms with Gasteiger partial charge in [-0.2, -0.15) is 0 Å². The molecule has 1 atom stereocenters. The second kappa shape index (κ2) is 6.80. The van der Waals surface area contributed by atoms with Crippen molar-refractivity contribution >= 4 is 5.91 Å². The fourth-order valence-electron chi connectivity index (χ4n) is 2.01. The number of hydrogen-bond acceptors (Lipinski definition) is 3. The Bertz CT molecular complexity index is 191. The highest BCUT2D eigenvalue weighted by Gasteiger charge is 2.22. The molecule has 88 valence electrons. The number of carbonyl (C=O) groups is 1. The summed E-state index contributed by atoms with van der Waals surface area (Å²) in [6.07, 6.45) is 3.04. The molecule has 0 saturated carbocycles. The molecular weight excluding hydrogens is 192 g/mol. The van der Waals surface area contributed by atoms with Crippen LogP contribution in [0.3, 0.4) is 0 Å². The second-order valence-corrected chi connectivity index (χ2v) is 4.12. The predicted octanol–water partition coefficient (Wildman–Crippen LogP) is 0.514. The maximum absolute atomic E-state index is 11.6. The highest BCUT2D eigenvalue weighted by Crippen LogP contribution is 2.22. The molecule has 1 saturated heterocycles. The summed E-state index contributed by atoms with van der Waals surface area (Å²) < 4.78 is 5.29. The average Bonchev–Trinajstić information content (AvgIpc) is 2.27. The third-order valence-corrected chi connectivity index (χ3v) is 2.97. The van der Waals surface area contributed by atoms with Gasteiger partial charge in [-0.1, -0.05) is 0 Å². The summed E-state index contributed by atoms with van der Waals surface area (Å²) in [7, 11) is 0. The predicted molar refractivity (Wildman–Crippen MR) is 59.4 cm³/mol. The number of nitrogens with one attached hydrogen (secondary N) is 1. The van der Waals surface area contributed by atoms with E-state index in [2.05, 4.69) is 5.32 Å². The first-order chi connectivity index (χ1) is 7.27. The second-order valence-electron chi connectivity index (χ2n) is 4.12. The molecule has 3 N–H and O–H groups in total. The van der Waals surface area contributed by atoms with Crippen LogP contribution >= 0.6 is 0 Å². The first-order valence-electron chi connectivity index (χ1n) is 5.83. The van der Waals surface area contributed by atoms with Gasteiger partial charge in [0.05, 0.1) is 5.92 Å². The highest BCUT2D eigenvalue weighted by molar-refractivity contribution is 5.78. The van der Waals surface area contributed by atoms with Crippen molar-refractivity contribution in [1.82, 2.24) is 5.32 Å². The van der Waals surface area contributed by atoms with Crippen LogP contribution in [0.1, 0.15) is 26.2 Å². The molecule has 0 radical (unpaired) electrons. The van der Waals surface area contributed by atoms with Crippen LogP contribution in [0.15, 0.2) is 0 Å². The fourth-order valence-corrected chi connectivity index (χ4v) is 2.01. The quantitative estimate of drug-likeness (QED) is 0.701. The summed E-state index contributed by atoms with van der Waals surface area (Å²) in [5, 5.41) is 2.84. The van der Waals surface area contributed by atoms with Crippen LogP contribution in [-0.4, -0.2) is 32.2 Å². The van der Waals surface area contributed by atoms with E-state index in [1.165, 1.54) is 0 Å². The summed E-state index contributed by atoms with van der Waals surface area (Å²) in [5.74, 6) is 0.689. The molecule has 4 heteroatoms. The first kappa shape index (κ1) is 12.5. The molecule has 1 heterocycles. The van der Waals surface area contributed by atoms with Crippen molar-refractivity contribution in [3.8, 4) is 0 Å². The number of carbonyl (C=O) groups excluding carboxylic acids is 1. The van der Waals surface area contributed by atoms with Gasteiger partial charge in [0, 0.05) is 26.3 Å². The summed E-state index contributed by atoms with van der Waals surface area (Å²) in [6, 6.07) is 0.